The number of aryl methyl sites for hydroxylation is 2. The average Bonchev–Trinajstić information content (AvgIpc) is 2.65. The van der Waals surface area contributed by atoms with Crippen LogP contribution in [0.1, 0.15) is 11.3 Å². The van der Waals surface area contributed by atoms with Crippen molar-refractivity contribution in [1.29, 1.82) is 0 Å². The Morgan fingerprint density at radius 2 is 2.22 bits per heavy atom. The van der Waals surface area contributed by atoms with Crippen LogP contribution in [0.2, 0.25) is 0 Å². The molecule has 4 nitrogen and oxygen atoms in total. The number of aromatic nitrogens is 2. The van der Waals surface area contributed by atoms with Crippen LogP contribution in [-0.2, 0) is 13.6 Å². The molecule has 0 saturated carbocycles. The number of nitrogens with zero attached hydrogens (tertiary/aromatic N) is 2. The van der Waals surface area contributed by atoms with E-state index in [4.69, 9.17) is 4.74 Å². The topological polar surface area (TPSA) is 39.1 Å². The van der Waals surface area contributed by atoms with Gasteiger partial charge in [0.25, 0.3) is 0 Å². The van der Waals surface area contributed by atoms with Crippen molar-refractivity contribution < 1.29 is 4.74 Å². The number of benzene rings is 1. The highest BCUT2D eigenvalue weighted by Gasteiger charge is 2.04. The first-order valence-electron chi connectivity index (χ1n) is 5.66. The summed E-state index contributed by atoms with van der Waals surface area (Å²) in [5.74, 6) is 0.832. The minimum absolute atomic E-state index is 0.762. The zero-order valence-corrected chi connectivity index (χ0v) is 12.3. The third-order valence-electron chi connectivity index (χ3n) is 2.75. The summed E-state index contributed by atoms with van der Waals surface area (Å²) in [6.07, 6.45) is 2.03. The Labute approximate surface area is 115 Å². The van der Waals surface area contributed by atoms with E-state index in [-0.39, 0.29) is 0 Å². The zero-order valence-electron chi connectivity index (χ0n) is 10.7. The van der Waals surface area contributed by atoms with Crippen molar-refractivity contribution in [2.75, 3.05) is 12.4 Å². The van der Waals surface area contributed by atoms with Gasteiger partial charge in [0.15, 0.2) is 0 Å². The molecule has 1 aromatic carbocycles. The van der Waals surface area contributed by atoms with Crippen LogP contribution >= 0.6 is 15.9 Å². The summed E-state index contributed by atoms with van der Waals surface area (Å²) < 4.78 is 7.97. The van der Waals surface area contributed by atoms with Crippen molar-refractivity contribution in [2.24, 2.45) is 7.05 Å². The van der Waals surface area contributed by atoms with Gasteiger partial charge in [-0.3, -0.25) is 4.68 Å². The fourth-order valence-corrected chi connectivity index (χ4v) is 2.34. The Morgan fingerprint density at radius 3 is 2.78 bits per heavy atom. The molecule has 2 aromatic rings. The fourth-order valence-electron chi connectivity index (χ4n) is 1.80. The van der Waals surface area contributed by atoms with Gasteiger partial charge in [-0.05, 0) is 41.1 Å². The third kappa shape index (κ3) is 2.85. The predicted molar refractivity (Wildman–Crippen MR) is 76.0 cm³/mol. The van der Waals surface area contributed by atoms with E-state index in [2.05, 4.69) is 26.3 Å². The van der Waals surface area contributed by atoms with E-state index >= 15 is 0 Å². The normalized spacial score (nSPS) is 10.4. The number of anilines is 1. The summed E-state index contributed by atoms with van der Waals surface area (Å²) >= 11 is 3.47. The molecule has 2 rings (SSSR count). The van der Waals surface area contributed by atoms with Crippen LogP contribution in [-0.4, -0.2) is 16.9 Å². The molecule has 0 bridgehead atoms. The predicted octanol–water partition coefficient (Wildman–Crippen LogP) is 3.11. The molecule has 0 aliphatic carbocycles. The van der Waals surface area contributed by atoms with Crippen molar-refractivity contribution >= 4 is 21.6 Å². The summed E-state index contributed by atoms with van der Waals surface area (Å²) in [5.41, 5.74) is 3.30. The van der Waals surface area contributed by atoms with Crippen LogP contribution < -0.4 is 10.1 Å². The number of hydrogen-bond donors (Lipinski definition) is 1. The molecule has 0 unspecified atom stereocenters. The molecule has 0 spiro atoms. The van der Waals surface area contributed by atoms with Crippen molar-refractivity contribution in [2.45, 2.75) is 13.5 Å². The maximum atomic E-state index is 5.20. The Morgan fingerprint density at radius 1 is 1.44 bits per heavy atom. The number of ether oxygens (including phenoxy) is 1. The molecule has 0 aliphatic heterocycles. The first-order chi connectivity index (χ1) is 8.60. The lowest BCUT2D eigenvalue weighted by atomic mass is 10.2. The maximum Gasteiger partial charge on any atom is 0.133 e. The van der Waals surface area contributed by atoms with Gasteiger partial charge < -0.3 is 10.1 Å². The Balaban J connectivity index is 2.06. The van der Waals surface area contributed by atoms with E-state index in [0.717, 1.165) is 28.1 Å². The lowest BCUT2D eigenvalue weighted by molar-refractivity contribution is 0.412. The van der Waals surface area contributed by atoms with E-state index in [1.165, 1.54) is 5.56 Å². The second-order valence-electron chi connectivity index (χ2n) is 4.12. The summed E-state index contributed by atoms with van der Waals surface area (Å²) in [6, 6.07) is 5.93. The standard InChI is InChI=1S/C13H16BrN3O/c1-9-10(8-17(2)16-9)7-15-11-4-5-13(18-3)12(14)6-11/h4-6,8,15H,7H2,1-3H3. The van der Waals surface area contributed by atoms with Gasteiger partial charge >= 0.3 is 0 Å². The van der Waals surface area contributed by atoms with Crippen LogP contribution in [0.25, 0.3) is 0 Å². The SMILES string of the molecule is COc1ccc(NCc2cn(C)nc2C)cc1Br. The van der Waals surface area contributed by atoms with E-state index < -0.39 is 0 Å². The van der Waals surface area contributed by atoms with Gasteiger partial charge in [0, 0.05) is 31.0 Å². The van der Waals surface area contributed by atoms with Crippen LogP contribution in [0.4, 0.5) is 5.69 Å². The third-order valence-corrected chi connectivity index (χ3v) is 3.37. The van der Waals surface area contributed by atoms with Gasteiger partial charge in [-0.15, -0.1) is 0 Å². The summed E-state index contributed by atoms with van der Waals surface area (Å²) in [6.45, 7) is 2.78. The summed E-state index contributed by atoms with van der Waals surface area (Å²) in [4.78, 5) is 0. The minimum atomic E-state index is 0.762. The van der Waals surface area contributed by atoms with Crippen LogP contribution in [0.3, 0.4) is 0 Å². The smallest absolute Gasteiger partial charge is 0.133 e. The highest BCUT2D eigenvalue weighted by Crippen LogP contribution is 2.27. The maximum absolute atomic E-state index is 5.20. The average molecular weight is 310 g/mol. The number of halogens is 1. The molecular weight excluding hydrogens is 294 g/mol. The van der Waals surface area contributed by atoms with Crippen molar-refractivity contribution in [3.63, 3.8) is 0 Å². The van der Waals surface area contributed by atoms with Gasteiger partial charge in [-0.2, -0.15) is 5.10 Å². The molecule has 1 heterocycles. The summed E-state index contributed by atoms with van der Waals surface area (Å²) in [7, 11) is 3.59. The Kier molecular flexibility index (Phi) is 3.91. The first-order valence-corrected chi connectivity index (χ1v) is 6.46. The molecule has 0 fully saturated rings. The number of rotatable bonds is 4. The van der Waals surface area contributed by atoms with Crippen molar-refractivity contribution in [3.05, 3.63) is 40.1 Å². The highest BCUT2D eigenvalue weighted by molar-refractivity contribution is 9.10. The molecular formula is C13H16BrN3O. The Hall–Kier alpha value is -1.49. The molecule has 0 amide bonds. The second-order valence-corrected chi connectivity index (χ2v) is 4.97. The lowest BCUT2D eigenvalue weighted by Crippen LogP contribution is -2.00. The van der Waals surface area contributed by atoms with Gasteiger partial charge in [0.1, 0.15) is 5.75 Å². The van der Waals surface area contributed by atoms with Gasteiger partial charge in [0.2, 0.25) is 0 Å². The molecule has 18 heavy (non-hydrogen) atoms. The fraction of sp³-hybridized carbons (Fsp3) is 0.308. The number of nitrogens with one attached hydrogen (secondary N) is 1. The van der Waals surface area contributed by atoms with Gasteiger partial charge in [-0.1, -0.05) is 0 Å². The second kappa shape index (κ2) is 5.44. The van der Waals surface area contributed by atoms with Crippen LogP contribution in [0.5, 0.6) is 5.75 Å². The van der Waals surface area contributed by atoms with Crippen LogP contribution in [0.15, 0.2) is 28.9 Å². The van der Waals surface area contributed by atoms with Gasteiger partial charge in [-0.25, -0.2) is 0 Å². The molecule has 0 atom stereocenters. The largest absolute Gasteiger partial charge is 0.496 e. The lowest BCUT2D eigenvalue weighted by Gasteiger charge is -2.08. The van der Waals surface area contributed by atoms with E-state index in [9.17, 15) is 0 Å². The molecule has 1 aromatic heterocycles. The Bertz CT molecular complexity index is 551. The van der Waals surface area contributed by atoms with Crippen LogP contribution in [0, 0.1) is 6.92 Å². The molecule has 0 radical (unpaired) electrons. The number of hydrogen-bond acceptors (Lipinski definition) is 3. The quantitative estimate of drug-likeness (QED) is 0.943. The summed E-state index contributed by atoms with van der Waals surface area (Å²) in [5, 5.41) is 7.68. The zero-order chi connectivity index (χ0) is 13.1. The molecule has 0 aliphatic rings. The highest BCUT2D eigenvalue weighted by atomic mass is 79.9. The van der Waals surface area contributed by atoms with E-state index in [1.54, 1.807) is 7.11 Å². The minimum Gasteiger partial charge on any atom is -0.496 e. The van der Waals surface area contributed by atoms with E-state index in [0.29, 0.717) is 0 Å². The molecule has 5 heteroatoms. The molecule has 0 saturated heterocycles. The molecule has 96 valence electrons. The van der Waals surface area contributed by atoms with Crippen molar-refractivity contribution in [1.82, 2.24) is 9.78 Å². The van der Waals surface area contributed by atoms with Gasteiger partial charge in [0.05, 0.1) is 17.3 Å². The molecule has 1 N–H and O–H groups in total. The van der Waals surface area contributed by atoms with E-state index in [1.807, 2.05) is 43.0 Å². The monoisotopic (exact) mass is 309 g/mol. The number of methoxy groups -OCH3 is 1. The first kappa shape index (κ1) is 13.0. The van der Waals surface area contributed by atoms with Crippen molar-refractivity contribution in [3.8, 4) is 5.75 Å².